The van der Waals surface area contributed by atoms with E-state index in [1.54, 1.807) is 0 Å². The standard InChI is InChI=1S/C20H16F2N4O3/c1-20(14-10-13(21)7-8-15(14)22)18(27)26(19(28)24-20)11-17-23-16(25-29-17)9-12-5-3-2-4-6-12/h2-8,10H,9,11H2,1H3,(H,24,28). The number of halogens is 2. The smallest absolute Gasteiger partial charge is 0.325 e. The van der Waals surface area contributed by atoms with Crippen LogP contribution in [-0.4, -0.2) is 27.0 Å². The predicted octanol–water partition coefficient (Wildman–Crippen LogP) is 2.91. The van der Waals surface area contributed by atoms with Crippen molar-refractivity contribution in [3.63, 3.8) is 0 Å². The predicted molar refractivity (Wildman–Crippen MR) is 96.3 cm³/mol. The third kappa shape index (κ3) is 3.46. The van der Waals surface area contributed by atoms with Crippen molar-refractivity contribution in [2.45, 2.75) is 25.4 Å². The number of amides is 3. The van der Waals surface area contributed by atoms with Crippen molar-refractivity contribution in [1.29, 1.82) is 0 Å². The molecule has 0 bridgehead atoms. The molecule has 4 rings (SSSR count). The summed E-state index contributed by atoms with van der Waals surface area (Å²) in [7, 11) is 0. The van der Waals surface area contributed by atoms with E-state index in [9.17, 15) is 18.4 Å². The fourth-order valence-electron chi connectivity index (χ4n) is 3.24. The largest absolute Gasteiger partial charge is 0.337 e. The minimum absolute atomic E-state index is 0.0587. The first kappa shape index (κ1) is 18.7. The number of nitrogens with zero attached hydrogens (tertiary/aromatic N) is 3. The highest BCUT2D eigenvalue weighted by atomic mass is 19.1. The molecule has 0 saturated carbocycles. The van der Waals surface area contributed by atoms with Gasteiger partial charge in [-0.05, 0) is 30.7 Å². The number of hydrogen-bond donors (Lipinski definition) is 1. The third-order valence-corrected chi connectivity index (χ3v) is 4.75. The second-order valence-electron chi connectivity index (χ2n) is 6.84. The Labute approximate surface area is 164 Å². The van der Waals surface area contributed by atoms with Crippen LogP contribution in [0.2, 0.25) is 0 Å². The molecule has 2 heterocycles. The van der Waals surface area contributed by atoms with Gasteiger partial charge in [0, 0.05) is 12.0 Å². The number of nitrogens with one attached hydrogen (secondary N) is 1. The minimum atomic E-state index is -1.74. The molecule has 1 saturated heterocycles. The lowest BCUT2D eigenvalue weighted by Crippen LogP contribution is -2.41. The van der Waals surface area contributed by atoms with E-state index in [4.69, 9.17) is 4.52 Å². The number of carbonyl (C=O) groups is 2. The Morgan fingerprint density at radius 1 is 1.14 bits per heavy atom. The van der Waals surface area contributed by atoms with Gasteiger partial charge in [0.1, 0.15) is 23.7 Å². The maximum Gasteiger partial charge on any atom is 0.325 e. The number of benzene rings is 2. The number of carbonyl (C=O) groups excluding carboxylic acids is 2. The first-order chi connectivity index (χ1) is 13.9. The molecular formula is C20H16F2N4O3. The summed E-state index contributed by atoms with van der Waals surface area (Å²) in [5.41, 5.74) is -1.02. The molecule has 29 heavy (non-hydrogen) atoms. The molecule has 1 unspecified atom stereocenters. The lowest BCUT2D eigenvalue weighted by Gasteiger charge is -2.22. The van der Waals surface area contributed by atoms with Crippen molar-refractivity contribution < 1.29 is 22.9 Å². The molecule has 148 valence electrons. The molecule has 9 heteroatoms. The SMILES string of the molecule is CC1(c2cc(F)ccc2F)NC(=O)N(Cc2nc(Cc3ccccc3)no2)C1=O. The van der Waals surface area contributed by atoms with Crippen LogP contribution < -0.4 is 5.32 Å². The molecule has 0 spiro atoms. The van der Waals surface area contributed by atoms with Crippen molar-refractivity contribution in [2.24, 2.45) is 0 Å². The van der Waals surface area contributed by atoms with Gasteiger partial charge < -0.3 is 9.84 Å². The van der Waals surface area contributed by atoms with Gasteiger partial charge in [0.25, 0.3) is 5.91 Å². The Hall–Kier alpha value is -3.62. The zero-order valence-electron chi connectivity index (χ0n) is 15.4. The molecule has 7 nitrogen and oxygen atoms in total. The second-order valence-corrected chi connectivity index (χ2v) is 6.84. The monoisotopic (exact) mass is 398 g/mol. The zero-order chi connectivity index (χ0) is 20.6. The van der Waals surface area contributed by atoms with E-state index in [0.717, 1.165) is 28.7 Å². The van der Waals surface area contributed by atoms with Crippen LogP contribution in [-0.2, 0) is 23.3 Å². The highest BCUT2D eigenvalue weighted by Crippen LogP contribution is 2.31. The maximum atomic E-state index is 14.2. The number of hydrogen-bond acceptors (Lipinski definition) is 5. The van der Waals surface area contributed by atoms with Crippen LogP contribution in [0.4, 0.5) is 13.6 Å². The van der Waals surface area contributed by atoms with Crippen LogP contribution in [0.15, 0.2) is 53.1 Å². The van der Waals surface area contributed by atoms with Crippen molar-refractivity contribution >= 4 is 11.9 Å². The van der Waals surface area contributed by atoms with Gasteiger partial charge in [-0.2, -0.15) is 4.98 Å². The molecule has 1 atom stereocenters. The summed E-state index contributed by atoms with van der Waals surface area (Å²) in [4.78, 5) is 30.3. The Kier molecular flexibility index (Phi) is 4.57. The topological polar surface area (TPSA) is 88.3 Å². The van der Waals surface area contributed by atoms with Gasteiger partial charge >= 0.3 is 6.03 Å². The molecule has 0 radical (unpaired) electrons. The zero-order valence-corrected chi connectivity index (χ0v) is 15.4. The molecular weight excluding hydrogens is 382 g/mol. The van der Waals surface area contributed by atoms with E-state index in [1.807, 2.05) is 30.3 Å². The fraction of sp³-hybridized carbons (Fsp3) is 0.200. The van der Waals surface area contributed by atoms with E-state index in [-0.39, 0.29) is 18.0 Å². The van der Waals surface area contributed by atoms with Gasteiger partial charge in [-0.3, -0.25) is 9.69 Å². The van der Waals surface area contributed by atoms with E-state index in [2.05, 4.69) is 15.5 Å². The van der Waals surface area contributed by atoms with Crippen LogP contribution in [0.1, 0.15) is 29.8 Å². The molecule has 1 aliphatic heterocycles. The first-order valence-corrected chi connectivity index (χ1v) is 8.82. The average Bonchev–Trinajstić information content (AvgIpc) is 3.22. The average molecular weight is 398 g/mol. The van der Waals surface area contributed by atoms with Crippen molar-refractivity contribution in [3.8, 4) is 0 Å². The molecule has 1 N–H and O–H groups in total. The van der Waals surface area contributed by atoms with Gasteiger partial charge in [-0.1, -0.05) is 35.5 Å². The van der Waals surface area contributed by atoms with E-state index in [1.165, 1.54) is 6.92 Å². The number of urea groups is 1. The molecule has 1 aliphatic rings. The van der Waals surface area contributed by atoms with Gasteiger partial charge in [0.15, 0.2) is 5.82 Å². The minimum Gasteiger partial charge on any atom is -0.337 e. The summed E-state index contributed by atoms with van der Waals surface area (Å²) in [5, 5.41) is 6.28. The Morgan fingerprint density at radius 3 is 2.66 bits per heavy atom. The van der Waals surface area contributed by atoms with Crippen LogP contribution in [0.25, 0.3) is 0 Å². The number of rotatable bonds is 5. The molecule has 0 aliphatic carbocycles. The summed E-state index contributed by atoms with van der Waals surface area (Å²) < 4.78 is 32.9. The Morgan fingerprint density at radius 2 is 1.90 bits per heavy atom. The number of aromatic nitrogens is 2. The summed E-state index contributed by atoms with van der Waals surface area (Å²) in [5.74, 6) is -1.80. The summed E-state index contributed by atoms with van der Waals surface area (Å²) in [6.45, 7) is 1.04. The first-order valence-electron chi connectivity index (χ1n) is 8.82. The lowest BCUT2D eigenvalue weighted by atomic mass is 9.91. The van der Waals surface area contributed by atoms with Crippen LogP contribution in [0, 0.1) is 11.6 Å². The molecule has 1 fully saturated rings. The summed E-state index contributed by atoms with van der Waals surface area (Å²) in [6.07, 6.45) is 0.427. The van der Waals surface area contributed by atoms with Gasteiger partial charge in [0.2, 0.25) is 5.89 Å². The Balaban J connectivity index is 1.54. The van der Waals surface area contributed by atoms with Gasteiger partial charge in [-0.15, -0.1) is 0 Å². The summed E-state index contributed by atoms with van der Waals surface area (Å²) >= 11 is 0. The van der Waals surface area contributed by atoms with Crippen LogP contribution in [0.5, 0.6) is 0 Å². The van der Waals surface area contributed by atoms with E-state index in [0.29, 0.717) is 12.2 Å². The van der Waals surface area contributed by atoms with E-state index < -0.39 is 29.1 Å². The fourth-order valence-corrected chi connectivity index (χ4v) is 3.24. The Bertz CT molecular complexity index is 1090. The normalized spacial score (nSPS) is 18.9. The van der Waals surface area contributed by atoms with Crippen molar-refractivity contribution in [1.82, 2.24) is 20.4 Å². The van der Waals surface area contributed by atoms with Crippen LogP contribution >= 0.6 is 0 Å². The highest BCUT2D eigenvalue weighted by Gasteiger charge is 2.50. The maximum absolute atomic E-state index is 14.2. The third-order valence-electron chi connectivity index (χ3n) is 4.75. The summed E-state index contributed by atoms with van der Waals surface area (Å²) in [6, 6.07) is 11.5. The lowest BCUT2D eigenvalue weighted by molar-refractivity contribution is -0.131. The quantitative estimate of drug-likeness (QED) is 0.668. The molecule has 2 aromatic carbocycles. The van der Waals surface area contributed by atoms with E-state index >= 15 is 0 Å². The highest BCUT2D eigenvalue weighted by molar-refractivity contribution is 6.07. The molecule has 3 amide bonds. The van der Waals surface area contributed by atoms with Crippen molar-refractivity contribution in [3.05, 3.63) is 83.0 Å². The van der Waals surface area contributed by atoms with Crippen molar-refractivity contribution in [2.75, 3.05) is 0 Å². The van der Waals surface area contributed by atoms with Crippen LogP contribution in [0.3, 0.4) is 0 Å². The number of imide groups is 1. The molecule has 3 aromatic rings. The second kappa shape index (κ2) is 7.08. The molecule has 1 aromatic heterocycles. The van der Waals surface area contributed by atoms with Gasteiger partial charge in [0.05, 0.1) is 0 Å². The van der Waals surface area contributed by atoms with Gasteiger partial charge in [-0.25, -0.2) is 13.6 Å².